The van der Waals surface area contributed by atoms with Crippen LogP contribution in [-0.2, 0) is 6.42 Å². The van der Waals surface area contributed by atoms with Gasteiger partial charge in [-0.1, -0.05) is 129 Å². The summed E-state index contributed by atoms with van der Waals surface area (Å²) in [6.45, 7) is 4.52. The van der Waals surface area contributed by atoms with E-state index in [9.17, 15) is 0 Å². The summed E-state index contributed by atoms with van der Waals surface area (Å²) < 4.78 is 0. The quantitative estimate of drug-likeness (QED) is 0.248. The van der Waals surface area contributed by atoms with Gasteiger partial charge >= 0.3 is 0 Å². The lowest BCUT2D eigenvalue weighted by Crippen LogP contribution is -2.05. The number of rotatable bonds is 4. The van der Waals surface area contributed by atoms with Gasteiger partial charge < -0.3 is 0 Å². The van der Waals surface area contributed by atoms with Crippen molar-refractivity contribution in [1.29, 1.82) is 0 Å². The van der Waals surface area contributed by atoms with E-state index in [4.69, 9.17) is 0 Å². The highest BCUT2D eigenvalue weighted by Crippen LogP contribution is 2.50. The zero-order valence-corrected chi connectivity index (χ0v) is 21.0. The van der Waals surface area contributed by atoms with E-state index in [1.165, 1.54) is 59.9 Å². The first-order valence-electron chi connectivity index (χ1n) is 12.4. The summed E-state index contributed by atoms with van der Waals surface area (Å²) in [5.74, 6) is 0.518. The number of fused-ring (bicyclic) bond motifs is 2. The van der Waals surface area contributed by atoms with Crippen molar-refractivity contribution in [3.8, 4) is 33.4 Å². The van der Waals surface area contributed by atoms with E-state index in [1.807, 2.05) is 11.8 Å². The van der Waals surface area contributed by atoms with Crippen LogP contribution in [0.25, 0.3) is 33.4 Å². The molecule has 0 atom stereocenters. The molecule has 0 unspecified atom stereocenters. The predicted molar refractivity (Wildman–Crippen MR) is 150 cm³/mol. The Bertz CT molecular complexity index is 1480. The molecule has 0 nitrogen and oxygen atoms in total. The summed E-state index contributed by atoms with van der Waals surface area (Å²) in [5, 5.41) is 0. The maximum Gasteiger partial charge on any atom is 0.0170 e. The van der Waals surface area contributed by atoms with Crippen molar-refractivity contribution < 1.29 is 0 Å². The molecule has 35 heavy (non-hydrogen) atoms. The molecule has 1 heterocycles. The van der Waals surface area contributed by atoms with Crippen molar-refractivity contribution in [2.75, 3.05) is 0 Å². The summed E-state index contributed by atoms with van der Waals surface area (Å²) >= 11 is 1.91. The molecule has 5 aromatic rings. The molecule has 1 aliphatic heterocycles. The Hall–Kier alpha value is -3.55. The molecule has 0 bridgehead atoms. The Balaban J connectivity index is 1.69. The van der Waals surface area contributed by atoms with Gasteiger partial charge in [-0.2, -0.15) is 0 Å². The van der Waals surface area contributed by atoms with Gasteiger partial charge in [0.15, 0.2) is 0 Å². The van der Waals surface area contributed by atoms with Gasteiger partial charge in [0.05, 0.1) is 0 Å². The summed E-state index contributed by atoms with van der Waals surface area (Å²) in [5.41, 5.74) is 12.0. The van der Waals surface area contributed by atoms with E-state index in [0.29, 0.717) is 5.92 Å². The van der Waals surface area contributed by atoms with Crippen LogP contribution in [0.2, 0.25) is 0 Å². The molecule has 5 aromatic carbocycles. The molecule has 1 heteroatoms. The van der Waals surface area contributed by atoms with Gasteiger partial charge in [-0.15, -0.1) is 0 Å². The highest BCUT2D eigenvalue weighted by Gasteiger charge is 2.25. The highest BCUT2D eigenvalue weighted by atomic mass is 32.2. The standard InChI is InChI=1S/C34H28S/c1-23(2)24-17-19-27(20-18-24)34-30-21-28-15-9-10-16-31(28)35-32(30)22-29(25-11-5-3-6-12-25)33(34)26-13-7-4-8-14-26/h3-20,22-23H,21H2,1-2H3. The summed E-state index contributed by atoms with van der Waals surface area (Å²) in [4.78, 5) is 2.73. The number of benzene rings is 5. The maximum atomic E-state index is 2.43. The van der Waals surface area contributed by atoms with E-state index in [2.05, 4.69) is 129 Å². The van der Waals surface area contributed by atoms with Crippen LogP contribution in [0, 0.1) is 0 Å². The predicted octanol–water partition coefficient (Wildman–Crippen LogP) is 9.87. The fraction of sp³-hybridized carbons (Fsp3) is 0.118. The Kier molecular flexibility index (Phi) is 5.80. The molecule has 0 radical (unpaired) electrons. The van der Waals surface area contributed by atoms with Gasteiger partial charge in [0.1, 0.15) is 0 Å². The van der Waals surface area contributed by atoms with Crippen molar-refractivity contribution >= 4 is 11.8 Å². The molecule has 0 saturated carbocycles. The van der Waals surface area contributed by atoms with Crippen molar-refractivity contribution in [3.63, 3.8) is 0 Å². The molecule has 1 aliphatic rings. The number of hydrogen-bond acceptors (Lipinski definition) is 1. The van der Waals surface area contributed by atoms with Gasteiger partial charge in [0, 0.05) is 16.2 Å². The van der Waals surface area contributed by atoms with Crippen LogP contribution in [-0.4, -0.2) is 0 Å². The van der Waals surface area contributed by atoms with Crippen LogP contribution in [0.4, 0.5) is 0 Å². The Labute approximate surface area is 212 Å². The van der Waals surface area contributed by atoms with Gasteiger partial charge in [-0.25, -0.2) is 0 Å². The lowest BCUT2D eigenvalue weighted by molar-refractivity contribution is 0.867. The van der Waals surface area contributed by atoms with Gasteiger partial charge in [-0.3, -0.25) is 0 Å². The Morgan fingerprint density at radius 2 is 1.17 bits per heavy atom. The molecular formula is C34H28S. The maximum absolute atomic E-state index is 2.43. The minimum atomic E-state index is 0.518. The molecule has 0 fully saturated rings. The molecular weight excluding hydrogens is 440 g/mol. The lowest BCUT2D eigenvalue weighted by Gasteiger charge is -2.27. The third-order valence-electron chi connectivity index (χ3n) is 6.97. The zero-order valence-electron chi connectivity index (χ0n) is 20.2. The minimum absolute atomic E-state index is 0.518. The second-order valence-electron chi connectivity index (χ2n) is 9.55. The fourth-order valence-electron chi connectivity index (χ4n) is 5.13. The Morgan fingerprint density at radius 3 is 1.86 bits per heavy atom. The van der Waals surface area contributed by atoms with Crippen molar-refractivity contribution in [2.24, 2.45) is 0 Å². The van der Waals surface area contributed by atoms with Gasteiger partial charge in [0.25, 0.3) is 0 Å². The van der Waals surface area contributed by atoms with E-state index in [-0.39, 0.29) is 0 Å². The van der Waals surface area contributed by atoms with Crippen LogP contribution in [0.1, 0.15) is 36.5 Å². The highest BCUT2D eigenvalue weighted by molar-refractivity contribution is 7.99. The van der Waals surface area contributed by atoms with E-state index < -0.39 is 0 Å². The summed E-state index contributed by atoms with van der Waals surface area (Å²) in [6.07, 6.45) is 0.953. The minimum Gasteiger partial charge on any atom is -0.0895 e. The SMILES string of the molecule is CC(C)c1ccc(-c2c3c(cc(-c4ccccc4)c2-c2ccccc2)Sc2ccccc2C3)cc1. The molecule has 0 saturated heterocycles. The molecule has 170 valence electrons. The smallest absolute Gasteiger partial charge is 0.0170 e. The van der Waals surface area contributed by atoms with E-state index in [1.54, 1.807) is 0 Å². The number of hydrogen-bond donors (Lipinski definition) is 0. The monoisotopic (exact) mass is 468 g/mol. The van der Waals surface area contributed by atoms with Crippen LogP contribution >= 0.6 is 11.8 Å². The van der Waals surface area contributed by atoms with Crippen LogP contribution in [0.3, 0.4) is 0 Å². The molecule has 0 amide bonds. The van der Waals surface area contributed by atoms with Gasteiger partial charge in [0.2, 0.25) is 0 Å². The van der Waals surface area contributed by atoms with Crippen molar-refractivity contribution in [1.82, 2.24) is 0 Å². The fourth-order valence-corrected chi connectivity index (χ4v) is 6.26. The summed E-state index contributed by atoms with van der Waals surface area (Å²) in [7, 11) is 0. The van der Waals surface area contributed by atoms with Crippen molar-refractivity contribution in [2.45, 2.75) is 36.0 Å². The third kappa shape index (κ3) is 4.11. The van der Waals surface area contributed by atoms with Crippen LogP contribution < -0.4 is 0 Å². The lowest BCUT2D eigenvalue weighted by atomic mass is 9.82. The molecule has 0 spiro atoms. The molecule has 6 rings (SSSR count). The average Bonchev–Trinajstić information content (AvgIpc) is 2.92. The Morgan fingerprint density at radius 1 is 0.571 bits per heavy atom. The zero-order chi connectivity index (χ0) is 23.8. The molecule has 0 aliphatic carbocycles. The van der Waals surface area contributed by atoms with E-state index >= 15 is 0 Å². The molecule has 0 aromatic heterocycles. The second-order valence-corrected chi connectivity index (χ2v) is 10.6. The first kappa shape index (κ1) is 21.9. The molecule has 0 N–H and O–H groups in total. The first-order valence-corrected chi connectivity index (χ1v) is 13.2. The van der Waals surface area contributed by atoms with Crippen molar-refractivity contribution in [3.05, 3.63) is 132 Å². The average molecular weight is 469 g/mol. The largest absolute Gasteiger partial charge is 0.0895 e. The van der Waals surface area contributed by atoms with Crippen LogP contribution in [0.15, 0.2) is 125 Å². The summed E-state index contributed by atoms with van der Waals surface area (Å²) in [6, 6.07) is 42.3. The normalized spacial score (nSPS) is 12.3. The van der Waals surface area contributed by atoms with Gasteiger partial charge in [-0.05, 0) is 68.1 Å². The topological polar surface area (TPSA) is 0 Å². The first-order chi connectivity index (χ1) is 17.2. The van der Waals surface area contributed by atoms with Crippen LogP contribution in [0.5, 0.6) is 0 Å². The third-order valence-corrected chi connectivity index (χ3v) is 8.17. The second kappa shape index (κ2) is 9.24. The van der Waals surface area contributed by atoms with E-state index in [0.717, 1.165) is 6.42 Å².